The van der Waals surface area contributed by atoms with Crippen molar-refractivity contribution in [1.82, 2.24) is 0 Å². The van der Waals surface area contributed by atoms with E-state index in [1.54, 1.807) is 12.1 Å². The summed E-state index contributed by atoms with van der Waals surface area (Å²) in [6.07, 6.45) is 3.76. The molecule has 8 aromatic carbocycles. The quantitative estimate of drug-likeness (QED) is 0.174. The summed E-state index contributed by atoms with van der Waals surface area (Å²) in [6.45, 7) is 8.81. The molecule has 0 unspecified atom stereocenters. The number of benzene rings is 8. The molecule has 0 spiro atoms. The number of fused-ring (bicyclic) bond motifs is 8. The van der Waals surface area contributed by atoms with Gasteiger partial charge in [0.15, 0.2) is 0 Å². The molecular formula is C48H38O2. The van der Waals surface area contributed by atoms with Crippen molar-refractivity contribution in [3.8, 4) is 22.6 Å². The van der Waals surface area contributed by atoms with Crippen molar-refractivity contribution < 1.29 is 10.2 Å². The lowest BCUT2D eigenvalue weighted by atomic mass is 9.82. The summed E-state index contributed by atoms with van der Waals surface area (Å²) >= 11 is 0. The molecule has 242 valence electrons. The maximum Gasteiger partial charge on any atom is 0.124 e. The molecule has 0 atom stereocenters. The minimum Gasteiger partial charge on any atom is -0.507 e. The maximum atomic E-state index is 11.6. The van der Waals surface area contributed by atoms with Crippen LogP contribution in [0.15, 0.2) is 97.1 Å². The zero-order valence-corrected chi connectivity index (χ0v) is 29.0. The summed E-state index contributed by atoms with van der Waals surface area (Å²) in [7, 11) is 0. The van der Waals surface area contributed by atoms with Crippen LogP contribution in [0.25, 0.3) is 54.2 Å². The molecule has 2 aliphatic rings. The molecule has 0 saturated carbocycles. The fraction of sp³-hybridized carbons (Fsp3) is 0.167. The van der Waals surface area contributed by atoms with Crippen molar-refractivity contribution in [3.05, 3.63) is 164 Å². The predicted molar refractivity (Wildman–Crippen MR) is 208 cm³/mol. The highest BCUT2D eigenvalue weighted by atomic mass is 16.3. The molecule has 2 nitrogen and oxygen atoms in total. The topological polar surface area (TPSA) is 40.5 Å². The Bertz CT molecular complexity index is 2620. The van der Waals surface area contributed by atoms with Gasteiger partial charge in [-0.05, 0) is 200 Å². The monoisotopic (exact) mass is 646 g/mol. The predicted octanol–water partition coefficient (Wildman–Crippen LogP) is 11.6. The van der Waals surface area contributed by atoms with E-state index in [1.165, 1.54) is 77.5 Å². The number of aryl methyl sites for hydroxylation is 4. The van der Waals surface area contributed by atoms with Crippen molar-refractivity contribution in [2.75, 3.05) is 0 Å². The summed E-state index contributed by atoms with van der Waals surface area (Å²) in [6, 6.07) is 35.3. The van der Waals surface area contributed by atoms with E-state index in [9.17, 15) is 10.2 Å². The minimum absolute atomic E-state index is 0.171. The van der Waals surface area contributed by atoms with E-state index in [1.807, 2.05) is 12.1 Å². The van der Waals surface area contributed by atoms with Gasteiger partial charge < -0.3 is 10.2 Å². The van der Waals surface area contributed by atoms with Gasteiger partial charge in [0.05, 0.1) is 0 Å². The molecule has 2 heteroatoms. The molecule has 0 amide bonds. The first kappa shape index (κ1) is 29.3. The molecule has 0 bridgehead atoms. The van der Waals surface area contributed by atoms with Crippen LogP contribution in [0.3, 0.4) is 0 Å². The van der Waals surface area contributed by atoms with Crippen LogP contribution in [-0.4, -0.2) is 10.2 Å². The van der Waals surface area contributed by atoms with Gasteiger partial charge in [-0.1, -0.05) is 60.7 Å². The van der Waals surface area contributed by atoms with Crippen molar-refractivity contribution >= 4 is 43.1 Å². The van der Waals surface area contributed by atoms with E-state index in [2.05, 4.69) is 100 Å². The lowest BCUT2D eigenvalue weighted by Gasteiger charge is -2.23. The van der Waals surface area contributed by atoms with Gasteiger partial charge in [0.1, 0.15) is 11.5 Å². The highest BCUT2D eigenvalue weighted by molar-refractivity contribution is 6.14. The van der Waals surface area contributed by atoms with Gasteiger partial charge in [0.2, 0.25) is 0 Å². The Hall–Kier alpha value is -5.60. The Kier molecular flexibility index (Phi) is 6.13. The number of rotatable bonds is 1. The van der Waals surface area contributed by atoms with Crippen LogP contribution in [0, 0.1) is 27.7 Å². The molecule has 10 rings (SSSR count). The highest BCUT2D eigenvalue weighted by Crippen LogP contribution is 2.47. The molecule has 2 aliphatic carbocycles. The van der Waals surface area contributed by atoms with Crippen LogP contribution in [-0.2, 0) is 25.7 Å². The first-order valence-electron chi connectivity index (χ1n) is 17.8. The van der Waals surface area contributed by atoms with E-state index < -0.39 is 0 Å². The average molecular weight is 647 g/mol. The molecule has 8 aromatic rings. The largest absolute Gasteiger partial charge is 0.507 e. The van der Waals surface area contributed by atoms with Crippen LogP contribution in [0.4, 0.5) is 0 Å². The van der Waals surface area contributed by atoms with E-state index >= 15 is 0 Å². The summed E-state index contributed by atoms with van der Waals surface area (Å²) < 4.78 is 0. The van der Waals surface area contributed by atoms with Crippen molar-refractivity contribution in [3.63, 3.8) is 0 Å². The molecule has 0 fully saturated rings. The molecular weight excluding hydrogens is 609 g/mol. The molecule has 2 N–H and O–H groups in total. The Balaban J connectivity index is 1.14. The standard InChI is InChI=1S/C48H38O2/c1-25-9-31-15-37-19-35-13-29-5-7-45(49)47(43(29)23-41(35)21-39(37)17-33(31)11-27(25)3)48-44-24-42-22-40-18-34-12-28(4)26(2)10-32(34)16-38(40)20-36(42)14-30(44)6-8-46(48)50/h5-14,19-24,49-50H,15-18H2,1-4H3. The third kappa shape index (κ3) is 4.41. The normalized spacial score (nSPS) is 13.4. The summed E-state index contributed by atoms with van der Waals surface area (Å²) in [5.41, 5.74) is 18.0. The first-order valence-corrected chi connectivity index (χ1v) is 17.8. The molecule has 0 radical (unpaired) electrons. The Morgan fingerprint density at radius 3 is 0.920 bits per heavy atom. The second kappa shape index (κ2) is 10.5. The first-order chi connectivity index (χ1) is 24.2. The number of hydrogen-bond acceptors (Lipinski definition) is 2. The van der Waals surface area contributed by atoms with Crippen LogP contribution in [0.5, 0.6) is 11.5 Å². The molecule has 0 aromatic heterocycles. The minimum atomic E-state index is 0.171. The lowest BCUT2D eigenvalue weighted by molar-refractivity contribution is 0.470. The van der Waals surface area contributed by atoms with Gasteiger partial charge in [-0.2, -0.15) is 0 Å². The second-order valence-corrected chi connectivity index (χ2v) is 15.1. The van der Waals surface area contributed by atoms with E-state index in [0.29, 0.717) is 11.1 Å². The summed E-state index contributed by atoms with van der Waals surface area (Å²) in [4.78, 5) is 0. The van der Waals surface area contributed by atoms with Crippen molar-refractivity contribution in [2.24, 2.45) is 0 Å². The average Bonchev–Trinajstić information content (AvgIpc) is 3.08. The fourth-order valence-corrected chi connectivity index (χ4v) is 8.95. The number of hydrogen-bond donors (Lipinski definition) is 2. The zero-order valence-electron chi connectivity index (χ0n) is 29.0. The van der Waals surface area contributed by atoms with Gasteiger partial charge >= 0.3 is 0 Å². The summed E-state index contributed by atoms with van der Waals surface area (Å²) in [5, 5.41) is 31.8. The fourth-order valence-electron chi connectivity index (χ4n) is 8.95. The third-order valence-corrected chi connectivity index (χ3v) is 12.0. The van der Waals surface area contributed by atoms with Gasteiger partial charge in [-0.15, -0.1) is 0 Å². The molecule has 0 aliphatic heterocycles. The van der Waals surface area contributed by atoms with Crippen LogP contribution >= 0.6 is 0 Å². The maximum absolute atomic E-state index is 11.6. The van der Waals surface area contributed by atoms with E-state index in [0.717, 1.165) is 58.0 Å². The molecule has 50 heavy (non-hydrogen) atoms. The number of aromatic hydroxyl groups is 2. The van der Waals surface area contributed by atoms with Gasteiger partial charge in [-0.25, -0.2) is 0 Å². The second-order valence-electron chi connectivity index (χ2n) is 15.1. The van der Waals surface area contributed by atoms with Gasteiger partial charge in [-0.3, -0.25) is 0 Å². The smallest absolute Gasteiger partial charge is 0.124 e. The Morgan fingerprint density at radius 1 is 0.320 bits per heavy atom. The van der Waals surface area contributed by atoms with Gasteiger partial charge in [0, 0.05) is 11.1 Å². The van der Waals surface area contributed by atoms with E-state index in [4.69, 9.17) is 0 Å². The third-order valence-electron chi connectivity index (χ3n) is 12.0. The highest BCUT2D eigenvalue weighted by Gasteiger charge is 2.22. The van der Waals surface area contributed by atoms with Crippen LogP contribution in [0.2, 0.25) is 0 Å². The van der Waals surface area contributed by atoms with Crippen molar-refractivity contribution in [2.45, 2.75) is 53.4 Å². The molecule has 0 heterocycles. The summed E-state index contributed by atoms with van der Waals surface area (Å²) in [5.74, 6) is 0.343. The Labute approximate surface area is 292 Å². The van der Waals surface area contributed by atoms with E-state index in [-0.39, 0.29) is 11.5 Å². The Morgan fingerprint density at radius 2 is 0.600 bits per heavy atom. The van der Waals surface area contributed by atoms with Crippen molar-refractivity contribution in [1.29, 1.82) is 0 Å². The molecule has 0 saturated heterocycles. The number of phenolic OH excluding ortho intramolecular Hbond substituents is 2. The lowest BCUT2D eigenvalue weighted by Crippen LogP contribution is -2.08. The van der Waals surface area contributed by atoms with Crippen LogP contribution in [0.1, 0.15) is 66.8 Å². The zero-order chi connectivity index (χ0) is 34.0. The van der Waals surface area contributed by atoms with Crippen LogP contribution < -0.4 is 0 Å². The number of phenols is 2. The van der Waals surface area contributed by atoms with Gasteiger partial charge in [0.25, 0.3) is 0 Å². The SMILES string of the molecule is Cc1cc2c(cc1C)Cc1cc3cc4c(-c5c(O)ccc6cc7cc8c(cc7cc56)Cc5cc(C)c(C)cc5C8)c(O)ccc4cc3cc1C2.